The highest BCUT2D eigenvalue weighted by atomic mass is 15.0. The Hall–Kier alpha value is -4.50. The largest absolute Gasteiger partial charge is 0.309 e. The fourth-order valence-corrected chi connectivity index (χ4v) is 5.00. The summed E-state index contributed by atoms with van der Waals surface area (Å²) in [5.74, 6) is 0. The second-order valence-electron chi connectivity index (χ2n) is 8.31. The van der Waals surface area contributed by atoms with Gasteiger partial charge in [-0.3, -0.25) is 9.97 Å². The van der Waals surface area contributed by atoms with Gasteiger partial charge in [-0.15, -0.1) is 0 Å². The molecule has 7 rings (SSSR count). The van der Waals surface area contributed by atoms with E-state index in [0.717, 1.165) is 27.5 Å². The topological polar surface area (TPSA) is 30.7 Å². The molecule has 0 saturated heterocycles. The zero-order valence-corrected chi connectivity index (χ0v) is 17.8. The van der Waals surface area contributed by atoms with Crippen molar-refractivity contribution in [3.63, 3.8) is 0 Å². The number of pyridine rings is 2. The van der Waals surface area contributed by atoms with E-state index in [1.807, 2.05) is 18.5 Å². The molecule has 0 aliphatic heterocycles. The van der Waals surface area contributed by atoms with E-state index >= 15 is 0 Å². The lowest BCUT2D eigenvalue weighted by Crippen LogP contribution is -1.94. The fourth-order valence-electron chi connectivity index (χ4n) is 5.00. The first kappa shape index (κ1) is 18.1. The van der Waals surface area contributed by atoms with E-state index < -0.39 is 0 Å². The Morgan fingerprint density at radius 1 is 0.485 bits per heavy atom. The summed E-state index contributed by atoms with van der Waals surface area (Å²) in [6.07, 6.45) is 3.71. The molecule has 0 saturated carbocycles. The predicted octanol–water partition coefficient (Wildman–Crippen LogP) is 7.55. The molecule has 0 aliphatic carbocycles. The van der Waals surface area contributed by atoms with Crippen LogP contribution in [-0.2, 0) is 0 Å². The van der Waals surface area contributed by atoms with Gasteiger partial charge >= 0.3 is 0 Å². The third-order valence-corrected chi connectivity index (χ3v) is 6.50. The van der Waals surface area contributed by atoms with Gasteiger partial charge in [0.2, 0.25) is 0 Å². The normalized spacial score (nSPS) is 11.6. The second-order valence-corrected chi connectivity index (χ2v) is 8.31. The molecule has 0 unspecified atom stereocenters. The molecular weight excluding hydrogens is 402 g/mol. The van der Waals surface area contributed by atoms with Crippen LogP contribution in [0.1, 0.15) is 0 Å². The maximum atomic E-state index is 4.66. The molecule has 0 spiro atoms. The number of rotatable bonds is 2. The van der Waals surface area contributed by atoms with E-state index in [1.165, 1.54) is 32.9 Å². The quantitative estimate of drug-likeness (QED) is 0.270. The number of fused-ring (bicyclic) bond motifs is 6. The van der Waals surface area contributed by atoms with Crippen LogP contribution in [0.3, 0.4) is 0 Å². The summed E-state index contributed by atoms with van der Waals surface area (Å²) >= 11 is 0. The lowest BCUT2D eigenvalue weighted by Gasteiger charge is -2.11. The van der Waals surface area contributed by atoms with Crippen LogP contribution in [0.15, 0.2) is 116 Å². The van der Waals surface area contributed by atoms with Crippen LogP contribution in [-0.4, -0.2) is 14.5 Å². The number of hydrogen-bond acceptors (Lipinski definition) is 2. The Morgan fingerprint density at radius 3 is 1.94 bits per heavy atom. The molecule has 0 fully saturated rings. The Kier molecular flexibility index (Phi) is 3.84. The van der Waals surface area contributed by atoms with Crippen molar-refractivity contribution in [1.82, 2.24) is 14.5 Å². The first-order chi connectivity index (χ1) is 16.4. The van der Waals surface area contributed by atoms with Crippen molar-refractivity contribution in [3.8, 4) is 16.8 Å². The molecule has 3 heteroatoms. The number of benzene rings is 4. The van der Waals surface area contributed by atoms with Crippen molar-refractivity contribution in [1.29, 1.82) is 0 Å². The average Bonchev–Trinajstić information content (AvgIpc) is 3.23. The third-order valence-electron chi connectivity index (χ3n) is 6.50. The van der Waals surface area contributed by atoms with Crippen LogP contribution >= 0.6 is 0 Å². The molecule has 3 heterocycles. The van der Waals surface area contributed by atoms with Gasteiger partial charge in [0, 0.05) is 39.6 Å². The molecule has 0 amide bonds. The monoisotopic (exact) mass is 421 g/mol. The van der Waals surface area contributed by atoms with Crippen molar-refractivity contribution in [2.75, 3.05) is 0 Å². The maximum Gasteiger partial charge on any atom is 0.0970 e. The van der Waals surface area contributed by atoms with Crippen LogP contribution < -0.4 is 0 Å². The summed E-state index contributed by atoms with van der Waals surface area (Å²) in [6.45, 7) is 0. The minimum atomic E-state index is 0.942. The molecular formula is C30H19N3. The molecule has 33 heavy (non-hydrogen) atoms. The second kappa shape index (κ2) is 7.01. The van der Waals surface area contributed by atoms with Crippen molar-refractivity contribution in [3.05, 3.63) is 116 Å². The van der Waals surface area contributed by atoms with Gasteiger partial charge in [-0.05, 0) is 47.5 Å². The molecule has 0 aliphatic rings. The summed E-state index contributed by atoms with van der Waals surface area (Å²) < 4.78 is 2.34. The van der Waals surface area contributed by atoms with Gasteiger partial charge in [0.05, 0.1) is 22.1 Å². The van der Waals surface area contributed by atoms with E-state index in [0.29, 0.717) is 0 Å². The van der Waals surface area contributed by atoms with Gasteiger partial charge in [-0.2, -0.15) is 0 Å². The van der Waals surface area contributed by atoms with E-state index in [-0.39, 0.29) is 0 Å². The number of nitrogens with zero attached hydrogens (tertiary/aromatic N) is 3. The lowest BCUT2D eigenvalue weighted by atomic mass is 9.99. The lowest BCUT2D eigenvalue weighted by molar-refractivity contribution is 1.18. The van der Waals surface area contributed by atoms with E-state index in [1.54, 1.807) is 0 Å². The van der Waals surface area contributed by atoms with Gasteiger partial charge < -0.3 is 4.57 Å². The van der Waals surface area contributed by atoms with Crippen molar-refractivity contribution >= 4 is 43.6 Å². The zero-order valence-electron chi connectivity index (χ0n) is 17.8. The SMILES string of the molecule is c1cnc2c(c1)ccc1c(-c3ccc(-n4c5ccccc5c5ccccc54)cc3)ccnc12. The highest BCUT2D eigenvalue weighted by Crippen LogP contribution is 2.34. The molecule has 3 nitrogen and oxygen atoms in total. The van der Waals surface area contributed by atoms with Crippen LogP contribution in [0.5, 0.6) is 0 Å². The van der Waals surface area contributed by atoms with Crippen molar-refractivity contribution in [2.45, 2.75) is 0 Å². The summed E-state index contributed by atoms with van der Waals surface area (Å²) in [7, 11) is 0. The smallest absolute Gasteiger partial charge is 0.0970 e. The van der Waals surface area contributed by atoms with E-state index in [9.17, 15) is 0 Å². The van der Waals surface area contributed by atoms with Gasteiger partial charge in [0.25, 0.3) is 0 Å². The highest BCUT2D eigenvalue weighted by molar-refractivity contribution is 6.10. The average molecular weight is 422 g/mol. The van der Waals surface area contributed by atoms with Crippen molar-refractivity contribution in [2.24, 2.45) is 0 Å². The maximum absolute atomic E-state index is 4.66. The standard InChI is InChI=1S/C30H19N3/c1-3-9-27-24(7-1)25-8-2-4-10-28(25)33(27)22-14-11-20(12-15-22)23-17-19-32-30-26(23)16-13-21-6-5-18-31-29(21)30/h1-19H. The van der Waals surface area contributed by atoms with Gasteiger partial charge in [0.1, 0.15) is 0 Å². The Balaban J connectivity index is 1.41. The zero-order chi connectivity index (χ0) is 21.8. The van der Waals surface area contributed by atoms with Crippen LogP contribution in [0.2, 0.25) is 0 Å². The molecule has 0 atom stereocenters. The Bertz CT molecular complexity index is 1760. The predicted molar refractivity (Wildman–Crippen MR) is 137 cm³/mol. The van der Waals surface area contributed by atoms with E-state index in [2.05, 4.69) is 112 Å². The minimum Gasteiger partial charge on any atom is -0.309 e. The fraction of sp³-hybridized carbons (Fsp3) is 0. The van der Waals surface area contributed by atoms with Gasteiger partial charge in [0.15, 0.2) is 0 Å². The van der Waals surface area contributed by atoms with Crippen LogP contribution in [0, 0.1) is 0 Å². The first-order valence-electron chi connectivity index (χ1n) is 11.1. The van der Waals surface area contributed by atoms with Crippen LogP contribution in [0.25, 0.3) is 60.4 Å². The summed E-state index contributed by atoms with van der Waals surface area (Å²) in [6, 6.07) is 36.4. The number of aromatic nitrogens is 3. The minimum absolute atomic E-state index is 0.942. The molecule has 7 aromatic rings. The Labute approximate surface area is 190 Å². The van der Waals surface area contributed by atoms with Crippen molar-refractivity contribution < 1.29 is 0 Å². The Morgan fingerprint density at radius 2 is 1.18 bits per heavy atom. The molecule has 0 N–H and O–H groups in total. The highest BCUT2D eigenvalue weighted by Gasteiger charge is 2.12. The molecule has 4 aromatic carbocycles. The van der Waals surface area contributed by atoms with E-state index in [4.69, 9.17) is 0 Å². The number of para-hydroxylation sites is 2. The summed E-state index contributed by atoms with van der Waals surface area (Å²) in [4.78, 5) is 9.24. The summed E-state index contributed by atoms with van der Waals surface area (Å²) in [5.41, 5.74) is 7.82. The van der Waals surface area contributed by atoms with Crippen LogP contribution in [0.4, 0.5) is 0 Å². The molecule has 0 radical (unpaired) electrons. The third kappa shape index (κ3) is 2.69. The first-order valence-corrected chi connectivity index (χ1v) is 11.1. The van der Waals surface area contributed by atoms with Gasteiger partial charge in [-0.1, -0.05) is 66.7 Å². The molecule has 3 aromatic heterocycles. The molecule has 0 bridgehead atoms. The van der Waals surface area contributed by atoms with Gasteiger partial charge in [-0.25, -0.2) is 0 Å². The number of hydrogen-bond donors (Lipinski definition) is 0. The summed E-state index contributed by atoms with van der Waals surface area (Å²) in [5, 5.41) is 4.78. The molecule has 154 valence electrons.